The molecule has 0 aliphatic heterocycles. The first kappa shape index (κ1) is 11.0. The quantitative estimate of drug-likeness (QED) is 0.610. The van der Waals surface area contributed by atoms with Crippen LogP contribution in [0.15, 0.2) is 0 Å². The highest BCUT2D eigenvalue weighted by atomic mass is 16.5. The third-order valence-electron chi connectivity index (χ3n) is 1.38. The minimum atomic E-state index is -0.169. The molecule has 0 aromatic heterocycles. The number of rotatable bonds is 5. The van der Waals surface area contributed by atoms with Crippen molar-refractivity contribution in [3.63, 3.8) is 0 Å². The molecular formula is C9H15NO2. The molecule has 3 nitrogen and oxygen atoms in total. The normalized spacial score (nSPS) is 11.8. The van der Waals surface area contributed by atoms with Crippen molar-refractivity contribution in [3.05, 3.63) is 0 Å². The number of hydrogen-bond donors (Lipinski definition) is 1. The van der Waals surface area contributed by atoms with E-state index in [9.17, 15) is 4.79 Å². The van der Waals surface area contributed by atoms with Gasteiger partial charge >= 0.3 is 0 Å². The second-order valence-electron chi connectivity index (χ2n) is 2.33. The average molecular weight is 169 g/mol. The zero-order valence-electron chi connectivity index (χ0n) is 7.59. The summed E-state index contributed by atoms with van der Waals surface area (Å²) >= 11 is 0. The van der Waals surface area contributed by atoms with Crippen LogP contribution in [0, 0.1) is 12.3 Å². The molecule has 1 atom stereocenters. The van der Waals surface area contributed by atoms with Gasteiger partial charge in [-0.15, -0.1) is 6.42 Å². The summed E-state index contributed by atoms with van der Waals surface area (Å²) < 4.78 is 4.90. The fraction of sp³-hybridized carbons (Fsp3) is 0.667. The van der Waals surface area contributed by atoms with Gasteiger partial charge in [0.05, 0.1) is 6.04 Å². The van der Waals surface area contributed by atoms with E-state index in [1.54, 1.807) is 0 Å². The Morgan fingerprint density at radius 2 is 2.33 bits per heavy atom. The summed E-state index contributed by atoms with van der Waals surface area (Å²) in [6.45, 7) is 4.40. The maximum atomic E-state index is 11.0. The van der Waals surface area contributed by atoms with Gasteiger partial charge in [-0.05, 0) is 13.3 Å². The Balaban J connectivity index is 3.61. The zero-order valence-corrected chi connectivity index (χ0v) is 7.59. The van der Waals surface area contributed by atoms with Crippen LogP contribution >= 0.6 is 0 Å². The summed E-state index contributed by atoms with van der Waals surface area (Å²) in [6, 6.07) is -0.169. The fourth-order valence-electron chi connectivity index (χ4n) is 0.692. The topological polar surface area (TPSA) is 38.3 Å². The summed E-state index contributed by atoms with van der Waals surface area (Å²) in [6.07, 6.45) is 5.90. The van der Waals surface area contributed by atoms with Gasteiger partial charge in [0.2, 0.25) is 5.91 Å². The molecule has 12 heavy (non-hydrogen) atoms. The lowest BCUT2D eigenvalue weighted by Crippen LogP contribution is -2.35. The number of ether oxygens (including phenoxy) is 1. The van der Waals surface area contributed by atoms with Crippen LogP contribution in [-0.2, 0) is 9.53 Å². The van der Waals surface area contributed by atoms with Crippen molar-refractivity contribution in [3.8, 4) is 12.3 Å². The average Bonchev–Trinajstić information content (AvgIpc) is 2.10. The van der Waals surface area contributed by atoms with Crippen LogP contribution < -0.4 is 5.32 Å². The zero-order chi connectivity index (χ0) is 9.40. The van der Waals surface area contributed by atoms with Crippen molar-refractivity contribution in [2.45, 2.75) is 26.3 Å². The molecule has 0 heterocycles. The van der Waals surface area contributed by atoms with E-state index in [1.165, 1.54) is 0 Å². The number of nitrogens with one attached hydrogen (secondary N) is 1. The minimum absolute atomic E-state index is 0.0919. The molecule has 0 fully saturated rings. The molecule has 0 aromatic rings. The van der Waals surface area contributed by atoms with Crippen LogP contribution in [0.3, 0.4) is 0 Å². The highest BCUT2D eigenvalue weighted by molar-refractivity contribution is 5.77. The molecule has 0 radical (unpaired) electrons. The summed E-state index contributed by atoms with van der Waals surface area (Å²) in [5, 5.41) is 2.65. The summed E-state index contributed by atoms with van der Waals surface area (Å²) in [7, 11) is 0. The van der Waals surface area contributed by atoms with E-state index >= 15 is 0 Å². The predicted molar refractivity (Wildman–Crippen MR) is 47.5 cm³/mol. The maximum Gasteiger partial charge on any atom is 0.246 e. The Hall–Kier alpha value is -1.01. The Morgan fingerprint density at radius 1 is 1.67 bits per heavy atom. The van der Waals surface area contributed by atoms with Crippen molar-refractivity contribution in [1.29, 1.82) is 0 Å². The van der Waals surface area contributed by atoms with Gasteiger partial charge in [0.25, 0.3) is 0 Å². The van der Waals surface area contributed by atoms with Crippen molar-refractivity contribution in [2.24, 2.45) is 0 Å². The molecule has 0 bridgehead atoms. The summed E-state index contributed by atoms with van der Waals surface area (Å²) in [4.78, 5) is 11.0. The second-order valence-corrected chi connectivity index (χ2v) is 2.33. The number of terminal acetylenes is 1. The third kappa shape index (κ3) is 4.75. The molecular weight excluding hydrogens is 154 g/mol. The van der Waals surface area contributed by atoms with Crippen molar-refractivity contribution < 1.29 is 9.53 Å². The Morgan fingerprint density at radius 3 is 2.75 bits per heavy atom. The first-order chi connectivity index (χ1) is 5.74. The van der Waals surface area contributed by atoms with Gasteiger partial charge in [0.15, 0.2) is 0 Å². The van der Waals surface area contributed by atoms with Crippen LogP contribution in [0.5, 0.6) is 0 Å². The van der Waals surface area contributed by atoms with E-state index in [0.717, 1.165) is 6.42 Å². The number of hydrogen-bond acceptors (Lipinski definition) is 2. The van der Waals surface area contributed by atoms with Crippen molar-refractivity contribution in [2.75, 3.05) is 13.2 Å². The van der Waals surface area contributed by atoms with Crippen LogP contribution in [-0.4, -0.2) is 25.2 Å². The van der Waals surface area contributed by atoms with E-state index < -0.39 is 0 Å². The van der Waals surface area contributed by atoms with Crippen LogP contribution in [0.4, 0.5) is 0 Å². The van der Waals surface area contributed by atoms with E-state index in [4.69, 9.17) is 11.2 Å². The molecule has 1 amide bonds. The number of carbonyl (C=O) groups excluding carboxylic acids is 1. The highest BCUT2D eigenvalue weighted by Gasteiger charge is 2.05. The molecule has 0 saturated heterocycles. The molecule has 1 N–H and O–H groups in total. The lowest BCUT2D eigenvalue weighted by atomic mass is 10.2. The summed E-state index contributed by atoms with van der Waals surface area (Å²) in [5.41, 5.74) is 0. The number of amides is 1. The van der Waals surface area contributed by atoms with Gasteiger partial charge in [-0.2, -0.15) is 0 Å². The van der Waals surface area contributed by atoms with Gasteiger partial charge in [0.1, 0.15) is 6.61 Å². The lowest BCUT2D eigenvalue weighted by molar-refractivity contribution is -0.125. The molecule has 0 aliphatic rings. The van der Waals surface area contributed by atoms with Crippen LogP contribution in [0.2, 0.25) is 0 Å². The van der Waals surface area contributed by atoms with Crippen molar-refractivity contribution in [1.82, 2.24) is 5.32 Å². The van der Waals surface area contributed by atoms with Gasteiger partial charge in [-0.1, -0.05) is 12.8 Å². The monoisotopic (exact) mass is 169 g/mol. The molecule has 0 aliphatic carbocycles. The number of carbonyl (C=O) groups is 1. The van der Waals surface area contributed by atoms with Gasteiger partial charge in [-0.25, -0.2) is 0 Å². The smallest absolute Gasteiger partial charge is 0.246 e. The van der Waals surface area contributed by atoms with E-state index in [2.05, 4.69) is 11.2 Å². The largest absolute Gasteiger partial charge is 0.372 e. The van der Waals surface area contributed by atoms with E-state index in [1.807, 2.05) is 13.8 Å². The molecule has 68 valence electrons. The Bertz CT molecular complexity index is 172. The first-order valence-corrected chi connectivity index (χ1v) is 4.07. The highest BCUT2D eigenvalue weighted by Crippen LogP contribution is 1.87. The molecule has 0 spiro atoms. The van der Waals surface area contributed by atoms with Gasteiger partial charge < -0.3 is 10.1 Å². The van der Waals surface area contributed by atoms with E-state index in [-0.39, 0.29) is 18.6 Å². The SMILES string of the molecule is C#CC(CC)NC(=O)COCC. The van der Waals surface area contributed by atoms with Crippen molar-refractivity contribution >= 4 is 5.91 Å². The predicted octanol–water partition coefficient (Wildman–Crippen LogP) is 0.551. The second kappa shape index (κ2) is 6.68. The standard InChI is InChI=1S/C9H15NO2/c1-4-8(5-2)10-9(11)7-12-6-3/h1,8H,5-7H2,2-3H3,(H,10,11). The minimum Gasteiger partial charge on any atom is -0.372 e. The first-order valence-electron chi connectivity index (χ1n) is 4.07. The Labute approximate surface area is 73.5 Å². The summed E-state index contributed by atoms with van der Waals surface area (Å²) in [5.74, 6) is 2.32. The lowest BCUT2D eigenvalue weighted by Gasteiger charge is -2.09. The Kier molecular flexibility index (Phi) is 6.12. The molecule has 0 aromatic carbocycles. The fourth-order valence-corrected chi connectivity index (χ4v) is 0.692. The molecule has 3 heteroatoms. The van der Waals surface area contributed by atoms with Gasteiger partial charge in [0, 0.05) is 6.61 Å². The van der Waals surface area contributed by atoms with Gasteiger partial charge in [-0.3, -0.25) is 4.79 Å². The van der Waals surface area contributed by atoms with Crippen LogP contribution in [0.1, 0.15) is 20.3 Å². The molecule has 0 rings (SSSR count). The molecule has 0 saturated carbocycles. The third-order valence-corrected chi connectivity index (χ3v) is 1.38. The van der Waals surface area contributed by atoms with Crippen LogP contribution in [0.25, 0.3) is 0 Å². The maximum absolute atomic E-state index is 11.0. The molecule has 1 unspecified atom stereocenters. The van der Waals surface area contributed by atoms with E-state index in [0.29, 0.717) is 6.61 Å².